The molecule has 0 fully saturated rings. The van der Waals surface area contributed by atoms with Crippen LogP contribution in [0.4, 0.5) is 0 Å². The minimum atomic E-state index is 0.732. The monoisotopic (exact) mass is 384 g/mol. The van der Waals surface area contributed by atoms with E-state index in [-0.39, 0.29) is 0 Å². The second kappa shape index (κ2) is 6.67. The first-order valence-corrected chi connectivity index (χ1v) is 9.35. The van der Waals surface area contributed by atoms with Crippen LogP contribution in [0.1, 0.15) is 5.56 Å². The van der Waals surface area contributed by atoms with Gasteiger partial charge in [0.05, 0.1) is 30.8 Å². The van der Waals surface area contributed by atoms with Crippen molar-refractivity contribution in [1.29, 1.82) is 0 Å². The number of ether oxygens (including phenoxy) is 2. The van der Waals surface area contributed by atoms with Crippen LogP contribution < -0.4 is 9.47 Å². The van der Waals surface area contributed by atoms with Crippen molar-refractivity contribution in [3.05, 3.63) is 60.2 Å². The highest BCUT2D eigenvalue weighted by Gasteiger charge is 2.16. The minimum absolute atomic E-state index is 0.732. The van der Waals surface area contributed by atoms with Gasteiger partial charge < -0.3 is 14.5 Å². The topological polar surface area (TPSA) is 75.8 Å². The van der Waals surface area contributed by atoms with E-state index in [1.807, 2.05) is 55.5 Å². The van der Waals surface area contributed by atoms with E-state index in [4.69, 9.17) is 14.5 Å². The van der Waals surface area contributed by atoms with Gasteiger partial charge in [0.2, 0.25) is 0 Å². The van der Waals surface area contributed by atoms with Crippen molar-refractivity contribution in [2.45, 2.75) is 6.92 Å². The molecule has 0 bridgehead atoms. The second-order valence-electron chi connectivity index (χ2n) is 6.91. The Labute approximate surface area is 167 Å². The lowest BCUT2D eigenvalue weighted by Crippen LogP contribution is -1.94. The van der Waals surface area contributed by atoms with Crippen molar-refractivity contribution in [3.63, 3.8) is 0 Å². The zero-order valence-corrected chi connectivity index (χ0v) is 16.4. The molecule has 0 unspecified atom stereocenters. The quantitative estimate of drug-likeness (QED) is 0.452. The van der Waals surface area contributed by atoms with E-state index in [2.05, 4.69) is 21.2 Å². The molecule has 3 aromatic carbocycles. The smallest absolute Gasteiger partial charge is 0.159 e. The van der Waals surface area contributed by atoms with Crippen LogP contribution in [0.15, 0.2) is 54.6 Å². The Hall–Kier alpha value is -3.80. The van der Waals surface area contributed by atoms with Gasteiger partial charge in [-0.1, -0.05) is 30.3 Å². The van der Waals surface area contributed by atoms with E-state index < -0.39 is 0 Å². The van der Waals surface area contributed by atoms with Crippen molar-refractivity contribution in [2.24, 2.45) is 0 Å². The summed E-state index contributed by atoms with van der Waals surface area (Å²) in [4.78, 5) is 8.31. The van der Waals surface area contributed by atoms with Crippen LogP contribution in [0.5, 0.6) is 11.5 Å². The highest BCUT2D eigenvalue weighted by molar-refractivity contribution is 5.97. The number of nitrogens with zero attached hydrogens (tertiary/aromatic N) is 2. The van der Waals surface area contributed by atoms with Gasteiger partial charge in [0.1, 0.15) is 17.2 Å². The van der Waals surface area contributed by atoms with E-state index in [1.54, 1.807) is 14.2 Å². The molecule has 0 aliphatic rings. The number of H-pyrrole nitrogens is 2. The molecule has 0 saturated carbocycles. The molecule has 144 valence electrons. The molecule has 0 atom stereocenters. The molecule has 6 nitrogen and oxygen atoms in total. The molecule has 0 radical (unpaired) electrons. The summed E-state index contributed by atoms with van der Waals surface area (Å²) in [5.74, 6) is 2.30. The number of fused-ring (bicyclic) bond motifs is 2. The Kier molecular flexibility index (Phi) is 3.98. The lowest BCUT2D eigenvalue weighted by atomic mass is 10.0. The van der Waals surface area contributed by atoms with E-state index >= 15 is 0 Å². The van der Waals surface area contributed by atoms with E-state index in [0.717, 1.165) is 61.6 Å². The van der Waals surface area contributed by atoms with Crippen molar-refractivity contribution in [3.8, 4) is 34.1 Å². The third kappa shape index (κ3) is 2.72. The number of aromatic nitrogens is 4. The molecule has 0 spiro atoms. The summed E-state index contributed by atoms with van der Waals surface area (Å²) < 4.78 is 11.1. The van der Waals surface area contributed by atoms with Crippen LogP contribution >= 0.6 is 0 Å². The van der Waals surface area contributed by atoms with Crippen LogP contribution in [0.25, 0.3) is 44.6 Å². The largest absolute Gasteiger partial charge is 0.496 e. The second-order valence-corrected chi connectivity index (χ2v) is 6.91. The summed E-state index contributed by atoms with van der Waals surface area (Å²) in [6, 6.07) is 18.2. The summed E-state index contributed by atoms with van der Waals surface area (Å²) in [6.45, 7) is 1.98. The Morgan fingerprint density at radius 3 is 2.34 bits per heavy atom. The summed E-state index contributed by atoms with van der Waals surface area (Å²) in [7, 11) is 3.34. The molecule has 2 heterocycles. The molecule has 5 aromatic rings. The van der Waals surface area contributed by atoms with Crippen LogP contribution in [0, 0.1) is 6.92 Å². The number of aromatic amines is 2. The normalized spacial score (nSPS) is 11.3. The molecule has 6 heteroatoms. The summed E-state index contributed by atoms with van der Waals surface area (Å²) in [5, 5.41) is 8.58. The van der Waals surface area contributed by atoms with Gasteiger partial charge in [0, 0.05) is 16.5 Å². The van der Waals surface area contributed by atoms with Gasteiger partial charge in [-0.15, -0.1) is 0 Å². The minimum Gasteiger partial charge on any atom is -0.496 e. The molecule has 29 heavy (non-hydrogen) atoms. The van der Waals surface area contributed by atoms with Crippen molar-refractivity contribution >= 4 is 21.9 Å². The highest BCUT2D eigenvalue weighted by Crippen LogP contribution is 2.37. The van der Waals surface area contributed by atoms with Gasteiger partial charge in [0.25, 0.3) is 0 Å². The Morgan fingerprint density at radius 1 is 0.862 bits per heavy atom. The van der Waals surface area contributed by atoms with Crippen molar-refractivity contribution in [2.75, 3.05) is 14.2 Å². The third-order valence-corrected chi connectivity index (χ3v) is 5.27. The van der Waals surface area contributed by atoms with Crippen LogP contribution in [0.2, 0.25) is 0 Å². The number of benzene rings is 3. The fraction of sp³-hybridized carbons (Fsp3) is 0.130. The molecule has 5 rings (SSSR count). The van der Waals surface area contributed by atoms with Gasteiger partial charge in [-0.2, -0.15) is 5.10 Å². The molecular weight excluding hydrogens is 364 g/mol. The first-order valence-electron chi connectivity index (χ1n) is 9.35. The summed E-state index contributed by atoms with van der Waals surface area (Å²) >= 11 is 0. The lowest BCUT2D eigenvalue weighted by Gasteiger charge is -2.13. The Balaban J connectivity index is 1.71. The van der Waals surface area contributed by atoms with Crippen LogP contribution in [0.3, 0.4) is 0 Å². The molecular formula is C23H20N4O2. The Bertz CT molecular complexity index is 1320. The number of hydrogen-bond donors (Lipinski definition) is 2. The van der Waals surface area contributed by atoms with E-state index in [1.165, 1.54) is 0 Å². The number of methoxy groups -OCH3 is 2. The number of imidazole rings is 1. The maximum atomic E-state index is 5.55. The molecule has 2 N–H and O–H groups in total. The molecule has 0 amide bonds. The van der Waals surface area contributed by atoms with Crippen LogP contribution in [-0.2, 0) is 0 Å². The molecule has 0 aliphatic heterocycles. The van der Waals surface area contributed by atoms with Crippen LogP contribution in [-0.4, -0.2) is 34.4 Å². The molecule has 0 saturated heterocycles. The van der Waals surface area contributed by atoms with Gasteiger partial charge in [-0.3, -0.25) is 5.10 Å². The Morgan fingerprint density at radius 2 is 1.59 bits per heavy atom. The maximum Gasteiger partial charge on any atom is 0.159 e. The first-order chi connectivity index (χ1) is 14.2. The third-order valence-electron chi connectivity index (χ3n) is 5.27. The van der Waals surface area contributed by atoms with Gasteiger partial charge in [-0.25, -0.2) is 4.98 Å². The summed E-state index contributed by atoms with van der Waals surface area (Å²) in [6.07, 6.45) is 0. The average molecular weight is 384 g/mol. The summed E-state index contributed by atoms with van der Waals surface area (Å²) in [5.41, 5.74) is 6.57. The molecule has 0 aliphatic carbocycles. The van der Waals surface area contributed by atoms with Gasteiger partial charge in [-0.05, 0) is 36.8 Å². The number of para-hydroxylation sites is 2. The zero-order chi connectivity index (χ0) is 20.0. The lowest BCUT2D eigenvalue weighted by molar-refractivity contribution is 0.389. The van der Waals surface area contributed by atoms with Crippen molar-refractivity contribution in [1.82, 2.24) is 20.2 Å². The standard InChI is InChI=1S/C23H20N4O2/c1-13-19(28-2)11-14(12-20(13)29-3)15-8-6-10-18-21(15)25-23(24-18)22-16-7-4-5-9-17(16)26-27-22/h4-12H,1-3H3,(H,24,25)(H,26,27). The fourth-order valence-electron chi connectivity index (χ4n) is 3.76. The first kappa shape index (κ1) is 17.3. The zero-order valence-electron chi connectivity index (χ0n) is 16.4. The maximum absolute atomic E-state index is 5.55. The van der Waals surface area contributed by atoms with Crippen molar-refractivity contribution < 1.29 is 9.47 Å². The van der Waals surface area contributed by atoms with Gasteiger partial charge >= 0.3 is 0 Å². The molecule has 2 aromatic heterocycles. The predicted octanol–water partition coefficient (Wildman–Crippen LogP) is 5.10. The fourth-order valence-corrected chi connectivity index (χ4v) is 3.76. The number of nitrogens with one attached hydrogen (secondary N) is 2. The SMILES string of the molecule is COc1cc(-c2cccc3[nH]c(-c4n[nH]c5ccccc45)nc23)cc(OC)c1C. The van der Waals surface area contributed by atoms with E-state index in [0.29, 0.717) is 0 Å². The van der Waals surface area contributed by atoms with E-state index in [9.17, 15) is 0 Å². The predicted molar refractivity (Wildman–Crippen MR) is 114 cm³/mol. The number of hydrogen-bond acceptors (Lipinski definition) is 4. The van der Waals surface area contributed by atoms with Gasteiger partial charge in [0.15, 0.2) is 5.82 Å². The highest BCUT2D eigenvalue weighted by atomic mass is 16.5. The number of rotatable bonds is 4. The average Bonchev–Trinajstić information content (AvgIpc) is 3.37.